The fraction of sp³-hybridized carbons (Fsp3) is 0.462. The van der Waals surface area contributed by atoms with Crippen LogP contribution in [0, 0.1) is 0 Å². The first-order valence-corrected chi connectivity index (χ1v) is 8.11. The molecule has 1 aliphatic rings. The van der Waals surface area contributed by atoms with Crippen LogP contribution in [0.25, 0.3) is 0 Å². The number of benzene rings is 1. The van der Waals surface area contributed by atoms with Crippen molar-refractivity contribution in [1.29, 1.82) is 0 Å². The summed E-state index contributed by atoms with van der Waals surface area (Å²) in [5.41, 5.74) is 1.34. The molecule has 1 aliphatic heterocycles. The van der Waals surface area contributed by atoms with Crippen LogP contribution in [-0.2, 0) is 9.84 Å². The van der Waals surface area contributed by atoms with Crippen LogP contribution < -0.4 is 10.6 Å². The Labute approximate surface area is 113 Å². The molecule has 1 aromatic carbocycles. The SMILES string of the molecule is CNC(=O)c1cccc(NC2CCCS(=O)(=O)C2)c1. The summed E-state index contributed by atoms with van der Waals surface area (Å²) in [6.45, 7) is 0. The van der Waals surface area contributed by atoms with Gasteiger partial charge >= 0.3 is 0 Å². The van der Waals surface area contributed by atoms with Crippen molar-refractivity contribution in [2.45, 2.75) is 18.9 Å². The van der Waals surface area contributed by atoms with E-state index < -0.39 is 9.84 Å². The third kappa shape index (κ3) is 3.70. The van der Waals surface area contributed by atoms with E-state index in [1.807, 2.05) is 6.07 Å². The number of anilines is 1. The summed E-state index contributed by atoms with van der Waals surface area (Å²) in [6, 6.07) is 7.01. The molecule has 0 bridgehead atoms. The maximum atomic E-state index is 11.6. The lowest BCUT2D eigenvalue weighted by molar-refractivity contribution is 0.0963. The highest BCUT2D eigenvalue weighted by Crippen LogP contribution is 2.18. The Morgan fingerprint density at radius 1 is 1.37 bits per heavy atom. The van der Waals surface area contributed by atoms with Gasteiger partial charge in [0.15, 0.2) is 9.84 Å². The Bertz CT molecular complexity index is 569. The molecule has 0 radical (unpaired) electrons. The molecule has 1 atom stereocenters. The van der Waals surface area contributed by atoms with E-state index in [1.54, 1.807) is 25.2 Å². The number of rotatable bonds is 3. The van der Waals surface area contributed by atoms with Gasteiger partial charge < -0.3 is 10.6 Å². The molecule has 0 spiro atoms. The van der Waals surface area contributed by atoms with E-state index in [0.717, 1.165) is 12.1 Å². The number of carbonyl (C=O) groups excluding carboxylic acids is 1. The lowest BCUT2D eigenvalue weighted by Crippen LogP contribution is -2.34. The van der Waals surface area contributed by atoms with Gasteiger partial charge in [-0.25, -0.2) is 8.42 Å². The van der Waals surface area contributed by atoms with E-state index >= 15 is 0 Å². The van der Waals surface area contributed by atoms with Crippen LogP contribution in [0.4, 0.5) is 5.69 Å². The molecule has 0 aliphatic carbocycles. The molecule has 1 heterocycles. The summed E-state index contributed by atoms with van der Waals surface area (Å²) in [4.78, 5) is 11.5. The van der Waals surface area contributed by atoms with Crippen molar-refractivity contribution in [2.75, 3.05) is 23.9 Å². The summed E-state index contributed by atoms with van der Waals surface area (Å²) < 4.78 is 23.1. The molecule has 5 nitrogen and oxygen atoms in total. The number of carbonyl (C=O) groups is 1. The van der Waals surface area contributed by atoms with Crippen molar-refractivity contribution in [1.82, 2.24) is 5.32 Å². The second-order valence-corrected chi connectivity index (χ2v) is 6.99. The van der Waals surface area contributed by atoms with Crippen molar-refractivity contribution in [3.05, 3.63) is 29.8 Å². The molecular formula is C13H18N2O3S. The first kappa shape index (κ1) is 13.9. The molecule has 0 saturated carbocycles. The minimum absolute atomic E-state index is 0.0707. The third-order valence-corrected chi connectivity index (χ3v) is 5.01. The van der Waals surface area contributed by atoms with Gasteiger partial charge in [-0.3, -0.25) is 4.79 Å². The summed E-state index contributed by atoms with van der Waals surface area (Å²) in [6.07, 6.45) is 1.53. The lowest BCUT2D eigenvalue weighted by atomic mass is 10.1. The van der Waals surface area contributed by atoms with Gasteiger partial charge in [0.2, 0.25) is 0 Å². The van der Waals surface area contributed by atoms with Crippen LogP contribution in [0.2, 0.25) is 0 Å². The maximum Gasteiger partial charge on any atom is 0.251 e. The zero-order chi connectivity index (χ0) is 13.9. The van der Waals surface area contributed by atoms with Crippen molar-refractivity contribution >= 4 is 21.4 Å². The fourth-order valence-electron chi connectivity index (χ4n) is 2.27. The van der Waals surface area contributed by atoms with E-state index in [4.69, 9.17) is 0 Å². The number of hydrogen-bond donors (Lipinski definition) is 2. The largest absolute Gasteiger partial charge is 0.381 e. The Hall–Kier alpha value is -1.56. The summed E-state index contributed by atoms with van der Waals surface area (Å²) in [5, 5.41) is 5.76. The lowest BCUT2D eigenvalue weighted by Gasteiger charge is -2.24. The van der Waals surface area contributed by atoms with E-state index in [1.165, 1.54) is 0 Å². The van der Waals surface area contributed by atoms with E-state index in [0.29, 0.717) is 12.0 Å². The number of amides is 1. The zero-order valence-electron chi connectivity index (χ0n) is 10.8. The standard InChI is InChI=1S/C13H18N2O3S/c1-14-13(16)10-4-2-5-11(8-10)15-12-6-3-7-19(17,18)9-12/h2,4-5,8,12,15H,3,6-7,9H2,1H3,(H,14,16). The van der Waals surface area contributed by atoms with Gasteiger partial charge in [-0.05, 0) is 31.0 Å². The molecule has 1 fully saturated rings. The van der Waals surface area contributed by atoms with Crippen LogP contribution in [0.3, 0.4) is 0 Å². The summed E-state index contributed by atoms with van der Waals surface area (Å²) in [5.74, 6) is 0.292. The van der Waals surface area contributed by atoms with Crippen molar-refractivity contribution in [2.24, 2.45) is 0 Å². The summed E-state index contributed by atoms with van der Waals surface area (Å²) in [7, 11) is -1.35. The molecular weight excluding hydrogens is 264 g/mol. The van der Waals surface area contributed by atoms with Gasteiger partial charge in [-0.1, -0.05) is 6.07 Å². The minimum Gasteiger partial charge on any atom is -0.381 e. The van der Waals surface area contributed by atoms with E-state index in [9.17, 15) is 13.2 Å². The monoisotopic (exact) mass is 282 g/mol. The Balaban J connectivity index is 2.09. The first-order valence-electron chi connectivity index (χ1n) is 6.29. The van der Waals surface area contributed by atoms with E-state index in [-0.39, 0.29) is 23.5 Å². The highest BCUT2D eigenvalue weighted by molar-refractivity contribution is 7.91. The first-order chi connectivity index (χ1) is 9.00. The van der Waals surface area contributed by atoms with Gasteiger partial charge in [-0.2, -0.15) is 0 Å². The maximum absolute atomic E-state index is 11.6. The molecule has 1 aromatic rings. The van der Waals surface area contributed by atoms with Gasteiger partial charge in [0.05, 0.1) is 11.5 Å². The average molecular weight is 282 g/mol. The summed E-state index contributed by atoms with van der Waals surface area (Å²) >= 11 is 0. The second-order valence-electron chi connectivity index (χ2n) is 4.76. The molecule has 0 aromatic heterocycles. The van der Waals surface area contributed by atoms with Gasteiger partial charge in [-0.15, -0.1) is 0 Å². The predicted molar refractivity (Wildman–Crippen MR) is 75.1 cm³/mol. The number of hydrogen-bond acceptors (Lipinski definition) is 4. The highest BCUT2D eigenvalue weighted by Gasteiger charge is 2.24. The van der Waals surface area contributed by atoms with Gasteiger partial charge in [0.1, 0.15) is 0 Å². The van der Waals surface area contributed by atoms with Crippen molar-refractivity contribution in [3.63, 3.8) is 0 Å². The molecule has 1 amide bonds. The molecule has 1 unspecified atom stereocenters. The molecule has 1 saturated heterocycles. The fourth-order valence-corrected chi connectivity index (χ4v) is 3.90. The van der Waals surface area contributed by atoms with Crippen molar-refractivity contribution < 1.29 is 13.2 Å². The molecule has 2 rings (SSSR count). The van der Waals surface area contributed by atoms with E-state index in [2.05, 4.69) is 10.6 Å². The Morgan fingerprint density at radius 2 is 2.16 bits per heavy atom. The average Bonchev–Trinajstić information content (AvgIpc) is 2.37. The molecule has 6 heteroatoms. The van der Waals surface area contributed by atoms with Crippen molar-refractivity contribution in [3.8, 4) is 0 Å². The van der Waals surface area contributed by atoms with Gasteiger partial charge in [0.25, 0.3) is 5.91 Å². The molecule has 19 heavy (non-hydrogen) atoms. The quantitative estimate of drug-likeness (QED) is 0.868. The number of sulfone groups is 1. The second kappa shape index (κ2) is 5.61. The highest BCUT2D eigenvalue weighted by atomic mass is 32.2. The molecule has 2 N–H and O–H groups in total. The topological polar surface area (TPSA) is 75.3 Å². The van der Waals surface area contributed by atoms with Crippen LogP contribution in [0.1, 0.15) is 23.2 Å². The van der Waals surface area contributed by atoms with Crippen LogP contribution in [-0.4, -0.2) is 38.9 Å². The third-order valence-electron chi connectivity index (χ3n) is 3.19. The molecule has 104 valence electrons. The van der Waals surface area contributed by atoms with Crippen LogP contribution >= 0.6 is 0 Å². The smallest absolute Gasteiger partial charge is 0.251 e. The zero-order valence-corrected chi connectivity index (χ0v) is 11.7. The Kier molecular flexibility index (Phi) is 4.09. The van der Waals surface area contributed by atoms with Crippen LogP contribution in [0.15, 0.2) is 24.3 Å². The van der Waals surface area contributed by atoms with Gasteiger partial charge in [0, 0.05) is 24.3 Å². The normalized spacial score (nSPS) is 21.6. The minimum atomic E-state index is -2.92. The Morgan fingerprint density at radius 3 is 2.84 bits per heavy atom. The predicted octanol–water partition coefficient (Wildman–Crippen LogP) is 1.04. The number of nitrogens with one attached hydrogen (secondary N) is 2. The van der Waals surface area contributed by atoms with Crippen LogP contribution in [0.5, 0.6) is 0 Å².